The van der Waals surface area contributed by atoms with Gasteiger partial charge in [-0.1, -0.05) is 0 Å². The van der Waals surface area contributed by atoms with E-state index in [1.165, 1.54) is 0 Å². The van der Waals surface area contributed by atoms with Crippen molar-refractivity contribution < 1.29 is 0 Å². The molecule has 0 aromatic heterocycles. The largest absolute Gasteiger partial charge is 0.398 e. The molecule has 18 heavy (non-hydrogen) atoms. The van der Waals surface area contributed by atoms with E-state index < -0.39 is 0 Å². The van der Waals surface area contributed by atoms with Crippen LogP contribution in [0.15, 0.2) is 18.2 Å². The van der Waals surface area contributed by atoms with Gasteiger partial charge in [0.05, 0.1) is 12.5 Å². The SMILES string of the molecule is CC(CCN(C)C)Nc1ccc(N)c(CC#N)c1. The Morgan fingerprint density at radius 3 is 2.78 bits per heavy atom. The summed E-state index contributed by atoms with van der Waals surface area (Å²) in [6.45, 7) is 3.21. The molecule has 0 radical (unpaired) electrons. The van der Waals surface area contributed by atoms with Gasteiger partial charge < -0.3 is 16.0 Å². The molecule has 98 valence electrons. The van der Waals surface area contributed by atoms with E-state index in [4.69, 9.17) is 11.0 Å². The molecule has 0 heterocycles. The summed E-state index contributed by atoms with van der Waals surface area (Å²) in [4.78, 5) is 2.17. The molecule has 0 fully saturated rings. The zero-order valence-electron chi connectivity index (χ0n) is 11.4. The summed E-state index contributed by atoms with van der Waals surface area (Å²) in [6.07, 6.45) is 1.43. The number of nitriles is 1. The molecule has 1 unspecified atom stereocenters. The van der Waals surface area contributed by atoms with Crippen LogP contribution in [0.25, 0.3) is 0 Å². The average molecular weight is 246 g/mol. The number of anilines is 2. The molecule has 0 saturated carbocycles. The van der Waals surface area contributed by atoms with E-state index in [0.29, 0.717) is 18.2 Å². The molecule has 3 N–H and O–H groups in total. The summed E-state index contributed by atoms with van der Waals surface area (Å²) < 4.78 is 0. The minimum atomic E-state index is 0.355. The van der Waals surface area contributed by atoms with Crippen LogP contribution in [0.1, 0.15) is 18.9 Å². The Morgan fingerprint density at radius 2 is 2.17 bits per heavy atom. The molecule has 0 bridgehead atoms. The number of nitrogens with two attached hydrogens (primary N) is 1. The Labute approximate surface area is 109 Å². The number of hydrogen-bond acceptors (Lipinski definition) is 4. The maximum Gasteiger partial charge on any atom is 0.0670 e. The zero-order chi connectivity index (χ0) is 13.5. The van der Waals surface area contributed by atoms with E-state index in [1.807, 2.05) is 18.2 Å². The predicted molar refractivity (Wildman–Crippen MR) is 76.4 cm³/mol. The van der Waals surface area contributed by atoms with Crippen molar-refractivity contribution in [2.75, 3.05) is 31.7 Å². The number of nitrogen functional groups attached to an aromatic ring is 1. The second-order valence-electron chi connectivity index (χ2n) is 4.89. The van der Waals surface area contributed by atoms with E-state index in [0.717, 1.165) is 24.2 Å². The lowest BCUT2D eigenvalue weighted by Crippen LogP contribution is -2.23. The first-order valence-corrected chi connectivity index (χ1v) is 6.19. The molecule has 1 aromatic rings. The van der Waals surface area contributed by atoms with Crippen molar-refractivity contribution in [3.63, 3.8) is 0 Å². The fourth-order valence-corrected chi connectivity index (χ4v) is 1.74. The highest BCUT2D eigenvalue weighted by molar-refractivity contribution is 5.58. The van der Waals surface area contributed by atoms with Crippen molar-refractivity contribution in [3.05, 3.63) is 23.8 Å². The van der Waals surface area contributed by atoms with Gasteiger partial charge in [-0.15, -0.1) is 0 Å². The molecule has 0 saturated heterocycles. The van der Waals surface area contributed by atoms with Crippen LogP contribution in [-0.2, 0) is 6.42 Å². The third kappa shape index (κ3) is 4.64. The molecule has 0 aliphatic carbocycles. The lowest BCUT2D eigenvalue weighted by molar-refractivity contribution is 0.390. The molecule has 1 aromatic carbocycles. The van der Waals surface area contributed by atoms with Crippen LogP contribution in [0.2, 0.25) is 0 Å². The van der Waals surface area contributed by atoms with Crippen molar-refractivity contribution in [3.8, 4) is 6.07 Å². The van der Waals surface area contributed by atoms with Gasteiger partial charge in [-0.3, -0.25) is 0 Å². The lowest BCUT2D eigenvalue weighted by Gasteiger charge is -2.18. The first kappa shape index (κ1) is 14.3. The van der Waals surface area contributed by atoms with E-state index in [-0.39, 0.29) is 0 Å². The van der Waals surface area contributed by atoms with Gasteiger partial charge in [0.1, 0.15) is 0 Å². The topological polar surface area (TPSA) is 65.1 Å². The monoisotopic (exact) mass is 246 g/mol. The molecule has 1 rings (SSSR count). The molecule has 1 atom stereocenters. The first-order valence-electron chi connectivity index (χ1n) is 6.19. The van der Waals surface area contributed by atoms with Crippen LogP contribution in [0.3, 0.4) is 0 Å². The number of nitrogens with one attached hydrogen (secondary N) is 1. The highest BCUT2D eigenvalue weighted by atomic mass is 15.1. The third-order valence-electron chi connectivity index (χ3n) is 2.83. The second kappa shape index (κ2) is 6.87. The van der Waals surface area contributed by atoms with Crippen LogP contribution < -0.4 is 11.1 Å². The molecular formula is C14H22N4. The molecule has 4 nitrogen and oxygen atoms in total. The van der Waals surface area contributed by atoms with Crippen LogP contribution in [0.4, 0.5) is 11.4 Å². The highest BCUT2D eigenvalue weighted by Crippen LogP contribution is 2.19. The summed E-state index contributed by atoms with van der Waals surface area (Å²) in [7, 11) is 4.14. The van der Waals surface area contributed by atoms with Gasteiger partial charge >= 0.3 is 0 Å². The van der Waals surface area contributed by atoms with Gasteiger partial charge in [0.2, 0.25) is 0 Å². The maximum atomic E-state index is 8.73. The smallest absolute Gasteiger partial charge is 0.0670 e. The Kier molecular flexibility index (Phi) is 5.47. The van der Waals surface area contributed by atoms with Gasteiger partial charge in [-0.2, -0.15) is 5.26 Å². The van der Waals surface area contributed by atoms with Gasteiger partial charge in [-0.05, 0) is 57.7 Å². The number of nitrogens with zero attached hydrogens (tertiary/aromatic N) is 2. The predicted octanol–water partition coefficient (Wildman–Crippen LogP) is 2.09. The molecule has 0 amide bonds. The highest BCUT2D eigenvalue weighted by Gasteiger charge is 2.05. The number of rotatable bonds is 6. The zero-order valence-corrected chi connectivity index (χ0v) is 11.4. The normalized spacial score (nSPS) is 12.2. The third-order valence-corrected chi connectivity index (χ3v) is 2.83. The first-order chi connectivity index (χ1) is 8.52. The number of hydrogen-bond donors (Lipinski definition) is 2. The van der Waals surface area contributed by atoms with Crippen molar-refractivity contribution in [2.45, 2.75) is 25.8 Å². The van der Waals surface area contributed by atoms with E-state index in [2.05, 4.69) is 37.3 Å². The molecule has 0 aliphatic heterocycles. The molecule has 0 aliphatic rings. The van der Waals surface area contributed by atoms with Gasteiger partial charge in [0, 0.05) is 17.4 Å². The Bertz CT molecular complexity index is 420. The van der Waals surface area contributed by atoms with Crippen LogP contribution in [0.5, 0.6) is 0 Å². The standard InChI is InChI=1S/C14H22N4/c1-11(7-9-18(2)3)17-13-4-5-14(16)12(10-13)6-8-15/h4-5,10-11,17H,6-7,9,16H2,1-3H3. The van der Waals surface area contributed by atoms with Crippen molar-refractivity contribution in [1.29, 1.82) is 5.26 Å². The molecule has 4 heteroatoms. The summed E-state index contributed by atoms with van der Waals surface area (Å²) in [5.74, 6) is 0. The van der Waals surface area contributed by atoms with Gasteiger partial charge in [0.15, 0.2) is 0 Å². The van der Waals surface area contributed by atoms with Crippen LogP contribution >= 0.6 is 0 Å². The lowest BCUT2D eigenvalue weighted by atomic mass is 10.1. The summed E-state index contributed by atoms with van der Waals surface area (Å²) in [5, 5.41) is 12.2. The summed E-state index contributed by atoms with van der Waals surface area (Å²) >= 11 is 0. The maximum absolute atomic E-state index is 8.73. The van der Waals surface area contributed by atoms with Crippen molar-refractivity contribution in [1.82, 2.24) is 4.90 Å². The summed E-state index contributed by atoms with van der Waals surface area (Å²) in [5.41, 5.74) is 8.42. The molecule has 0 spiro atoms. The Hall–Kier alpha value is -1.73. The van der Waals surface area contributed by atoms with E-state index in [9.17, 15) is 0 Å². The fraction of sp³-hybridized carbons (Fsp3) is 0.500. The van der Waals surface area contributed by atoms with Gasteiger partial charge in [0.25, 0.3) is 0 Å². The van der Waals surface area contributed by atoms with Gasteiger partial charge in [-0.25, -0.2) is 0 Å². The van der Waals surface area contributed by atoms with Crippen molar-refractivity contribution >= 4 is 11.4 Å². The Morgan fingerprint density at radius 1 is 1.44 bits per heavy atom. The Balaban J connectivity index is 2.62. The van der Waals surface area contributed by atoms with Crippen molar-refractivity contribution in [2.24, 2.45) is 0 Å². The summed E-state index contributed by atoms with van der Waals surface area (Å²) in [6, 6.07) is 8.30. The van der Waals surface area contributed by atoms with Crippen LogP contribution in [-0.4, -0.2) is 31.6 Å². The number of benzene rings is 1. The van der Waals surface area contributed by atoms with Crippen LogP contribution in [0, 0.1) is 11.3 Å². The van der Waals surface area contributed by atoms with E-state index >= 15 is 0 Å². The second-order valence-corrected chi connectivity index (χ2v) is 4.89. The average Bonchev–Trinajstić information content (AvgIpc) is 2.31. The fourth-order valence-electron chi connectivity index (χ4n) is 1.74. The quantitative estimate of drug-likeness (QED) is 0.754. The minimum Gasteiger partial charge on any atom is -0.398 e. The molecular weight excluding hydrogens is 224 g/mol. The van der Waals surface area contributed by atoms with E-state index in [1.54, 1.807) is 0 Å². The minimum absolute atomic E-state index is 0.355.